The molecule has 0 unspecified atom stereocenters. The predicted molar refractivity (Wildman–Crippen MR) is 67.0 cm³/mol. The maximum Gasteiger partial charge on any atom is 0.321 e. The van der Waals surface area contributed by atoms with Crippen LogP contribution in [0.15, 0.2) is 0 Å². The predicted octanol–water partition coefficient (Wildman–Crippen LogP) is 0.142. The molecule has 0 aromatic carbocycles. The average Bonchev–Trinajstić information content (AvgIpc) is 2.21. The van der Waals surface area contributed by atoms with E-state index in [0.29, 0.717) is 0 Å². The van der Waals surface area contributed by atoms with Gasteiger partial charge in [-0.2, -0.15) is 0 Å². The molecule has 0 spiro atoms. The molecule has 1 rings (SSSR count). The standard InChI is InChI=1S/C9H13ClN6O2/c1-3(2)13-9(18)16-8(17)4-6(11)15-7(12)5(10)14-4/h3H,1-2H3,(H4,11,12,15)(H2,13,16,17,18). The van der Waals surface area contributed by atoms with Gasteiger partial charge in [-0.15, -0.1) is 0 Å². The van der Waals surface area contributed by atoms with E-state index in [0.717, 1.165) is 0 Å². The van der Waals surface area contributed by atoms with Crippen molar-refractivity contribution in [3.05, 3.63) is 10.8 Å². The first kappa shape index (κ1) is 14.0. The highest BCUT2D eigenvalue weighted by Crippen LogP contribution is 2.16. The van der Waals surface area contributed by atoms with Gasteiger partial charge >= 0.3 is 6.03 Å². The van der Waals surface area contributed by atoms with Gasteiger partial charge in [0.05, 0.1) is 0 Å². The number of amides is 3. The van der Waals surface area contributed by atoms with Gasteiger partial charge in [-0.25, -0.2) is 14.8 Å². The maximum atomic E-state index is 11.7. The number of hydrogen-bond acceptors (Lipinski definition) is 6. The molecule has 8 nitrogen and oxygen atoms in total. The molecule has 0 aliphatic carbocycles. The minimum Gasteiger partial charge on any atom is -0.382 e. The Morgan fingerprint density at radius 3 is 2.39 bits per heavy atom. The van der Waals surface area contributed by atoms with Crippen molar-refractivity contribution >= 4 is 35.2 Å². The van der Waals surface area contributed by atoms with Gasteiger partial charge in [0, 0.05) is 6.04 Å². The number of imide groups is 1. The van der Waals surface area contributed by atoms with Crippen LogP contribution in [0.25, 0.3) is 0 Å². The molecule has 1 heterocycles. The molecule has 98 valence electrons. The third-order valence-corrected chi connectivity index (χ3v) is 2.04. The number of halogens is 1. The van der Waals surface area contributed by atoms with Gasteiger partial charge in [-0.05, 0) is 13.8 Å². The van der Waals surface area contributed by atoms with Crippen LogP contribution < -0.4 is 22.1 Å². The summed E-state index contributed by atoms with van der Waals surface area (Å²) in [7, 11) is 0. The second kappa shape index (κ2) is 5.50. The second-order valence-corrected chi connectivity index (χ2v) is 4.07. The van der Waals surface area contributed by atoms with E-state index in [-0.39, 0.29) is 28.5 Å². The highest BCUT2D eigenvalue weighted by molar-refractivity contribution is 6.31. The van der Waals surface area contributed by atoms with Crippen LogP contribution in [-0.2, 0) is 0 Å². The van der Waals surface area contributed by atoms with Crippen molar-refractivity contribution in [2.24, 2.45) is 0 Å². The van der Waals surface area contributed by atoms with Crippen molar-refractivity contribution in [1.82, 2.24) is 20.6 Å². The SMILES string of the molecule is CC(C)NC(=O)NC(=O)c1nc(Cl)c(N)nc1N. The number of carbonyl (C=O) groups excluding carboxylic acids is 2. The number of nitrogen functional groups attached to an aromatic ring is 2. The smallest absolute Gasteiger partial charge is 0.321 e. The van der Waals surface area contributed by atoms with Crippen molar-refractivity contribution in [2.45, 2.75) is 19.9 Å². The van der Waals surface area contributed by atoms with Crippen molar-refractivity contribution in [2.75, 3.05) is 11.5 Å². The zero-order valence-electron chi connectivity index (χ0n) is 9.82. The summed E-state index contributed by atoms with van der Waals surface area (Å²) >= 11 is 5.62. The van der Waals surface area contributed by atoms with E-state index in [9.17, 15) is 9.59 Å². The van der Waals surface area contributed by atoms with Crippen LogP contribution in [0.5, 0.6) is 0 Å². The van der Waals surface area contributed by atoms with Gasteiger partial charge in [-0.3, -0.25) is 10.1 Å². The van der Waals surface area contributed by atoms with Crippen molar-refractivity contribution in [1.29, 1.82) is 0 Å². The lowest BCUT2D eigenvalue weighted by atomic mass is 10.3. The number of nitrogens with zero attached hydrogens (tertiary/aromatic N) is 2. The molecule has 0 saturated carbocycles. The van der Waals surface area contributed by atoms with Crippen LogP contribution in [0.1, 0.15) is 24.3 Å². The van der Waals surface area contributed by atoms with Crippen LogP contribution in [0.3, 0.4) is 0 Å². The highest BCUT2D eigenvalue weighted by Gasteiger charge is 2.18. The Hall–Kier alpha value is -2.09. The molecule has 1 aromatic heterocycles. The number of nitrogens with one attached hydrogen (secondary N) is 2. The number of urea groups is 1. The Kier molecular flexibility index (Phi) is 4.27. The van der Waals surface area contributed by atoms with Crippen molar-refractivity contribution in [3.8, 4) is 0 Å². The molecule has 0 aliphatic heterocycles. The maximum absolute atomic E-state index is 11.7. The van der Waals surface area contributed by atoms with E-state index in [1.165, 1.54) is 0 Å². The Morgan fingerprint density at radius 1 is 1.22 bits per heavy atom. The molecule has 18 heavy (non-hydrogen) atoms. The highest BCUT2D eigenvalue weighted by atomic mass is 35.5. The Labute approximate surface area is 108 Å². The fraction of sp³-hybridized carbons (Fsp3) is 0.333. The summed E-state index contributed by atoms with van der Waals surface area (Å²) in [5, 5.41) is 4.36. The van der Waals surface area contributed by atoms with Crippen molar-refractivity contribution in [3.63, 3.8) is 0 Å². The van der Waals surface area contributed by atoms with Crippen LogP contribution in [0.2, 0.25) is 5.15 Å². The molecule has 0 saturated heterocycles. The third kappa shape index (κ3) is 3.45. The molecule has 0 aliphatic rings. The normalized spacial score (nSPS) is 10.2. The molecule has 3 amide bonds. The summed E-state index contributed by atoms with van der Waals surface area (Å²) < 4.78 is 0. The molecular weight excluding hydrogens is 260 g/mol. The van der Waals surface area contributed by atoms with Gasteiger partial charge in [0.2, 0.25) is 0 Å². The van der Waals surface area contributed by atoms with Crippen LogP contribution in [-0.4, -0.2) is 27.9 Å². The fourth-order valence-electron chi connectivity index (χ4n) is 1.07. The number of carbonyl (C=O) groups is 2. The molecule has 0 atom stereocenters. The molecule has 1 aromatic rings. The van der Waals surface area contributed by atoms with Crippen LogP contribution >= 0.6 is 11.6 Å². The Bertz CT molecular complexity index is 490. The lowest BCUT2D eigenvalue weighted by molar-refractivity contribution is 0.0959. The van der Waals surface area contributed by atoms with E-state index in [1.54, 1.807) is 13.8 Å². The number of hydrogen-bond donors (Lipinski definition) is 4. The molecule has 0 fully saturated rings. The topological polar surface area (TPSA) is 136 Å². The first-order valence-corrected chi connectivity index (χ1v) is 5.39. The van der Waals surface area contributed by atoms with Crippen LogP contribution in [0.4, 0.5) is 16.4 Å². The Balaban J connectivity index is 2.85. The van der Waals surface area contributed by atoms with Gasteiger partial charge < -0.3 is 16.8 Å². The third-order valence-electron chi connectivity index (χ3n) is 1.77. The Morgan fingerprint density at radius 2 is 1.83 bits per heavy atom. The van der Waals surface area contributed by atoms with E-state index in [4.69, 9.17) is 23.1 Å². The van der Waals surface area contributed by atoms with Gasteiger partial charge in [-0.1, -0.05) is 11.6 Å². The minimum absolute atomic E-state index is 0.0858. The number of nitrogens with two attached hydrogens (primary N) is 2. The number of rotatable bonds is 2. The molecular formula is C9H13ClN6O2. The quantitative estimate of drug-likeness (QED) is 0.605. The lowest BCUT2D eigenvalue weighted by Gasteiger charge is -2.10. The summed E-state index contributed by atoms with van der Waals surface area (Å²) in [4.78, 5) is 30.3. The lowest BCUT2D eigenvalue weighted by Crippen LogP contribution is -2.43. The number of aromatic nitrogens is 2. The zero-order valence-corrected chi connectivity index (χ0v) is 10.6. The summed E-state index contributed by atoms with van der Waals surface area (Å²) in [6.07, 6.45) is 0. The van der Waals surface area contributed by atoms with Crippen LogP contribution in [0, 0.1) is 0 Å². The molecule has 0 bridgehead atoms. The van der Waals surface area contributed by atoms with Gasteiger partial charge in [0.25, 0.3) is 5.91 Å². The molecule has 0 radical (unpaired) electrons. The molecule has 9 heteroatoms. The zero-order chi connectivity index (χ0) is 13.9. The molecule has 6 N–H and O–H groups in total. The summed E-state index contributed by atoms with van der Waals surface area (Å²) in [6.45, 7) is 3.50. The van der Waals surface area contributed by atoms with E-state index in [1.807, 2.05) is 5.32 Å². The van der Waals surface area contributed by atoms with Crippen molar-refractivity contribution < 1.29 is 9.59 Å². The van der Waals surface area contributed by atoms with E-state index >= 15 is 0 Å². The number of anilines is 2. The van der Waals surface area contributed by atoms with E-state index in [2.05, 4.69) is 15.3 Å². The second-order valence-electron chi connectivity index (χ2n) is 3.72. The summed E-state index contributed by atoms with van der Waals surface area (Å²) in [5.74, 6) is -1.09. The van der Waals surface area contributed by atoms with E-state index < -0.39 is 11.9 Å². The fourth-order valence-corrected chi connectivity index (χ4v) is 1.20. The van der Waals surface area contributed by atoms with Gasteiger partial charge in [0.15, 0.2) is 22.5 Å². The summed E-state index contributed by atoms with van der Waals surface area (Å²) in [6, 6.07) is -0.777. The largest absolute Gasteiger partial charge is 0.382 e. The average molecular weight is 273 g/mol. The minimum atomic E-state index is -0.806. The first-order chi connectivity index (χ1) is 8.31. The first-order valence-electron chi connectivity index (χ1n) is 5.01. The summed E-state index contributed by atoms with van der Waals surface area (Å²) in [5.41, 5.74) is 10.6. The van der Waals surface area contributed by atoms with Gasteiger partial charge in [0.1, 0.15) is 0 Å². The monoisotopic (exact) mass is 272 g/mol.